The molecule has 14 nitrogen and oxygen atoms in total. The molecule has 2 amide bonds. The van der Waals surface area contributed by atoms with Crippen molar-refractivity contribution in [3.63, 3.8) is 0 Å². The Morgan fingerprint density at radius 3 is 1.75 bits per heavy atom. The highest BCUT2D eigenvalue weighted by molar-refractivity contribution is 5.78. The van der Waals surface area contributed by atoms with Crippen LogP contribution in [0.15, 0.2) is 0 Å². The zero-order chi connectivity index (χ0) is 26.9. The van der Waals surface area contributed by atoms with Gasteiger partial charge in [0.15, 0.2) is 0 Å². The Bertz CT molecular complexity index is 608. The molecule has 0 aliphatic rings. The van der Waals surface area contributed by atoms with E-state index in [0.717, 1.165) is 13.0 Å². The number of ether oxygens (including phenoxy) is 5. The van der Waals surface area contributed by atoms with Crippen molar-refractivity contribution in [3.8, 4) is 0 Å². The maximum absolute atomic E-state index is 11.8. The third-order valence-electron chi connectivity index (χ3n) is 4.47. The Morgan fingerprint density at radius 1 is 0.694 bits per heavy atom. The lowest BCUT2D eigenvalue weighted by Gasteiger charge is -2.13. The highest BCUT2D eigenvalue weighted by Crippen LogP contribution is 2.04. The molecule has 0 heterocycles. The summed E-state index contributed by atoms with van der Waals surface area (Å²) in [5.41, 5.74) is 3.67. The summed E-state index contributed by atoms with van der Waals surface area (Å²) in [5, 5.41) is 22.7. The summed E-state index contributed by atoms with van der Waals surface area (Å²) in [5.74, 6) is -2.69. The Kier molecular flexibility index (Phi) is 22.5. The third kappa shape index (κ3) is 23.2. The Balaban J connectivity index is 3.48. The van der Waals surface area contributed by atoms with Crippen LogP contribution < -0.4 is 16.4 Å². The molecule has 0 aliphatic heterocycles. The van der Waals surface area contributed by atoms with Crippen molar-refractivity contribution in [1.82, 2.24) is 10.6 Å². The van der Waals surface area contributed by atoms with Gasteiger partial charge in [0, 0.05) is 32.4 Å². The molecular weight excluding hydrogens is 482 g/mol. The van der Waals surface area contributed by atoms with Gasteiger partial charge in [-0.1, -0.05) is 0 Å². The van der Waals surface area contributed by atoms with E-state index in [9.17, 15) is 19.2 Å². The van der Waals surface area contributed by atoms with Crippen LogP contribution in [-0.4, -0.2) is 113 Å². The molecule has 0 fully saturated rings. The molecule has 14 heteroatoms. The molecule has 0 spiro atoms. The van der Waals surface area contributed by atoms with E-state index in [-0.39, 0.29) is 25.3 Å². The molecule has 0 aromatic rings. The van der Waals surface area contributed by atoms with Crippen molar-refractivity contribution in [3.05, 3.63) is 0 Å². The minimum absolute atomic E-state index is 0.117. The number of hydrogen-bond acceptors (Lipinski definition) is 9. The van der Waals surface area contributed by atoms with Crippen LogP contribution in [0.25, 0.3) is 0 Å². The van der Waals surface area contributed by atoms with E-state index in [1.54, 1.807) is 0 Å². The van der Waals surface area contributed by atoms with Crippen LogP contribution in [0.1, 0.15) is 38.5 Å². The van der Waals surface area contributed by atoms with Crippen LogP contribution >= 0.6 is 0 Å². The van der Waals surface area contributed by atoms with Crippen molar-refractivity contribution < 1.29 is 58.8 Å². The molecule has 36 heavy (non-hydrogen) atoms. The molecular formula is C22H42N3O11+. The zero-order valence-electron chi connectivity index (χ0n) is 20.9. The molecule has 0 aliphatic carbocycles. The van der Waals surface area contributed by atoms with E-state index >= 15 is 0 Å². The third-order valence-corrected chi connectivity index (χ3v) is 4.47. The lowest BCUT2D eigenvalue weighted by molar-refractivity contribution is -0.374. The highest BCUT2D eigenvalue weighted by Gasteiger charge is 2.22. The van der Waals surface area contributed by atoms with Gasteiger partial charge >= 0.3 is 18.0 Å². The van der Waals surface area contributed by atoms with Crippen LogP contribution in [0, 0.1) is 0 Å². The standard InChI is InChI=1S/C22H41N3O11/c23-7-11-33-13-15-35-17-16-34-14-12-32-10-6-19(26)24-8-2-1-3-9-25-22(31)36-18(21(29)30)4-5-20(27)28/h18H,1-17,23H2,(H,24,26)(H,25,31)(H,27,28)(H,29,30)/p+1/t18-/m0/s1. The number of alkyl carbamates (subject to hydrolysis) is 1. The number of hydrogen-bond donors (Lipinski definition) is 5. The fourth-order valence-corrected chi connectivity index (χ4v) is 2.62. The Labute approximate surface area is 211 Å². The summed E-state index contributed by atoms with van der Waals surface area (Å²) in [6.07, 6.45) is -0.855. The number of nitrogens with one attached hydrogen (secondary N) is 2. The van der Waals surface area contributed by atoms with E-state index in [1.165, 1.54) is 0 Å². The minimum Gasteiger partial charge on any atom is -0.481 e. The van der Waals surface area contributed by atoms with Crippen LogP contribution in [0.2, 0.25) is 0 Å². The van der Waals surface area contributed by atoms with Gasteiger partial charge < -0.3 is 50.3 Å². The van der Waals surface area contributed by atoms with Gasteiger partial charge in [0.25, 0.3) is 0 Å². The average molecular weight is 525 g/mol. The summed E-state index contributed by atoms with van der Waals surface area (Å²) in [4.78, 5) is 44.9. The second-order valence-corrected chi connectivity index (χ2v) is 7.56. The summed E-state index contributed by atoms with van der Waals surface area (Å²) in [7, 11) is 0. The van der Waals surface area contributed by atoms with Crippen LogP contribution in [-0.2, 0) is 38.1 Å². The highest BCUT2D eigenvalue weighted by atomic mass is 16.6. The van der Waals surface area contributed by atoms with Crippen LogP contribution in [0.5, 0.6) is 0 Å². The molecule has 7 N–H and O–H groups in total. The average Bonchev–Trinajstić information content (AvgIpc) is 2.83. The summed E-state index contributed by atoms with van der Waals surface area (Å²) < 4.78 is 26.0. The smallest absolute Gasteiger partial charge is 0.407 e. The lowest BCUT2D eigenvalue weighted by Crippen LogP contribution is -2.52. The van der Waals surface area contributed by atoms with Crippen molar-refractivity contribution in [2.24, 2.45) is 0 Å². The number of aliphatic carboxylic acids is 2. The molecule has 1 atom stereocenters. The van der Waals surface area contributed by atoms with E-state index < -0.39 is 30.6 Å². The Morgan fingerprint density at radius 2 is 1.22 bits per heavy atom. The minimum atomic E-state index is -1.51. The summed E-state index contributed by atoms with van der Waals surface area (Å²) in [6, 6.07) is 0. The van der Waals surface area contributed by atoms with Gasteiger partial charge in [0.2, 0.25) is 12.0 Å². The first kappa shape index (κ1) is 33.5. The van der Waals surface area contributed by atoms with Crippen LogP contribution in [0.3, 0.4) is 0 Å². The Hall–Kier alpha value is -2.52. The first-order chi connectivity index (χ1) is 17.4. The number of carbonyl (C=O) groups is 4. The molecule has 0 rings (SSSR count). The largest absolute Gasteiger partial charge is 0.481 e. The molecule has 0 aromatic carbocycles. The van der Waals surface area contributed by atoms with Gasteiger partial charge in [-0.15, -0.1) is 0 Å². The van der Waals surface area contributed by atoms with Crippen molar-refractivity contribution in [2.45, 2.75) is 44.6 Å². The van der Waals surface area contributed by atoms with Crippen LogP contribution in [0.4, 0.5) is 4.79 Å². The van der Waals surface area contributed by atoms with Gasteiger partial charge in [-0.05, 0) is 19.3 Å². The first-order valence-electron chi connectivity index (χ1n) is 12.1. The van der Waals surface area contributed by atoms with Gasteiger partial charge in [-0.25, -0.2) is 9.59 Å². The van der Waals surface area contributed by atoms with Crippen molar-refractivity contribution in [1.29, 1.82) is 0 Å². The lowest BCUT2D eigenvalue weighted by atomic mass is 10.2. The monoisotopic (exact) mass is 524 g/mol. The normalized spacial score (nSPS) is 11.6. The van der Waals surface area contributed by atoms with E-state index in [0.29, 0.717) is 72.2 Å². The van der Waals surface area contributed by atoms with E-state index in [1.807, 2.05) is 0 Å². The molecule has 0 radical (unpaired) electrons. The van der Waals surface area contributed by atoms with Gasteiger partial charge in [-0.2, -0.15) is 0 Å². The number of amides is 2. The SMILES string of the molecule is [NH3+]CCOCCOCCOCCOCCC(=O)NCCCCCNC(=O)O[C@@H](CCC(=O)O)C(=O)O. The maximum Gasteiger partial charge on any atom is 0.407 e. The van der Waals surface area contributed by atoms with Gasteiger partial charge in [0.1, 0.15) is 0 Å². The molecule has 210 valence electrons. The quantitative estimate of drug-likeness (QED) is 0.0917. The second-order valence-electron chi connectivity index (χ2n) is 7.56. The summed E-state index contributed by atoms with van der Waals surface area (Å²) >= 11 is 0. The predicted molar refractivity (Wildman–Crippen MR) is 125 cm³/mol. The van der Waals surface area contributed by atoms with Gasteiger partial charge in [-0.3, -0.25) is 9.59 Å². The van der Waals surface area contributed by atoms with E-state index in [2.05, 4.69) is 16.4 Å². The maximum atomic E-state index is 11.8. The van der Waals surface area contributed by atoms with Crippen molar-refractivity contribution in [2.75, 3.05) is 72.5 Å². The predicted octanol–water partition coefficient (Wildman–Crippen LogP) is -0.984. The van der Waals surface area contributed by atoms with Gasteiger partial charge in [0.05, 0.1) is 59.4 Å². The summed E-state index contributed by atoms with van der Waals surface area (Å²) in [6.45, 7) is 5.25. The van der Waals surface area contributed by atoms with Crippen molar-refractivity contribution >= 4 is 23.9 Å². The molecule has 0 unspecified atom stereocenters. The number of quaternary nitrogens is 1. The topological polar surface area (TPSA) is 207 Å². The molecule has 0 saturated heterocycles. The molecule has 0 saturated carbocycles. The number of rotatable bonds is 25. The number of carbonyl (C=O) groups excluding carboxylic acids is 2. The van der Waals surface area contributed by atoms with E-state index in [4.69, 9.17) is 33.9 Å². The molecule has 0 bridgehead atoms. The first-order valence-corrected chi connectivity index (χ1v) is 12.1. The zero-order valence-corrected chi connectivity index (χ0v) is 20.9. The number of unbranched alkanes of at least 4 members (excludes halogenated alkanes) is 2. The second kappa shape index (κ2) is 24.2. The fraction of sp³-hybridized carbons (Fsp3) is 0.818. The fourth-order valence-electron chi connectivity index (χ4n) is 2.62. The number of carboxylic acid groups (broad SMARTS) is 2. The number of carboxylic acids is 2. The molecule has 0 aromatic heterocycles.